The summed E-state index contributed by atoms with van der Waals surface area (Å²) < 4.78 is 1.88. The van der Waals surface area contributed by atoms with E-state index in [-0.39, 0.29) is 11.7 Å². The number of halogens is 2. The maximum Gasteiger partial charge on any atom is 0.250 e. The van der Waals surface area contributed by atoms with Crippen LogP contribution < -0.4 is 5.43 Å². The van der Waals surface area contributed by atoms with Crippen LogP contribution in [-0.4, -0.2) is 38.9 Å². The second kappa shape index (κ2) is 11.6. The summed E-state index contributed by atoms with van der Waals surface area (Å²) in [6.45, 7) is 0. The van der Waals surface area contributed by atoms with Crippen molar-refractivity contribution in [3.05, 3.63) is 88.4 Å². The zero-order chi connectivity index (χ0) is 23.9. The van der Waals surface area contributed by atoms with Gasteiger partial charge in [0.05, 0.1) is 12.0 Å². The van der Waals surface area contributed by atoms with Gasteiger partial charge >= 0.3 is 0 Å². The van der Waals surface area contributed by atoms with Gasteiger partial charge in [-0.25, -0.2) is 5.43 Å². The van der Waals surface area contributed by atoms with Crippen molar-refractivity contribution in [1.29, 1.82) is 0 Å². The van der Waals surface area contributed by atoms with Crippen LogP contribution in [-0.2, 0) is 4.79 Å². The number of nitrogens with one attached hydrogen (secondary N) is 1. The van der Waals surface area contributed by atoms with Crippen LogP contribution in [0, 0.1) is 0 Å². The van der Waals surface area contributed by atoms with Crippen molar-refractivity contribution in [3.8, 4) is 17.1 Å². The third-order valence-electron chi connectivity index (χ3n) is 4.67. The highest BCUT2D eigenvalue weighted by Gasteiger charge is 2.17. The van der Waals surface area contributed by atoms with E-state index in [1.165, 1.54) is 16.7 Å². The molecule has 172 valence electrons. The number of benzene rings is 3. The summed E-state index contributed by atoms with van der Waals surface area (Å²) in [7, 11) is 0. The van der Waals surface area contributed by atoms with Crippen molar-refractivity contribution in [2.24, 2.45) is 5.10 Å². The molecule has 0 spiro atoms. The number of carbonyl (C=O) groups excluding carboxylic acids is 1. The Morgan fingerprint density at radius 2 is 1.62 bits per heavy atom. The molecule has 1 N–H and O–H groups in total. The Balaban J connectivity index is 1.48. The van der Waals surface area contributed by atoms with Crippen molar-refractivity contribution in [2.45, 2.75) is 10.1 Å². The standard InChI is InChI=1S/C24H19Cl2N5OS2/c1-33-21-12-2-16(3-13-21)14-27-28-22(32)15-34-24-30-29-23(17-4-6-18(25)7-5-17)31(24)20-10-8-19(26)9-11-20/h2-14H,15H2,1H3,(H,28,32)/b27-14+. The van der Waals surface area contributed by atoms with Crippen LogP contribution in [0.5, 0.6) is 0 Å². The van der Waals surface area contributed by atoms with Crippen molar-refractivity contribution < 1.29 is 4.79 Å². The number of amides is 1. The van der Waals surface area contributed by atoms with Crippen LogP contribution in [0.1, 0.15) is 5.56 Å². The first-order valence-corrected chi connectivity index (χ1v) is 13.1. The summed E-state index contributed by atoms with van der Waals surface area (Å²) in [6.07, 6.45) is 3.63. The molecule has 6 nitrogen and oxygen atoms in total. The summed E-state index contributed by atoms with van der Waals surface area (Å²) >= 11 is 15.0. The van der Waals surface area contributed by atoms with E-state index in [9.17, 15) is 4.79 Å². The predicted octanol–water partition coefficient (Wildman–Crippen LogP) is 6.21. The first kappa shape index (κ1) is 24.3. The lowest BCUT2D eigenvalue weighted by Crippen LogP contribution is -2.20. The SMILES string of the molecule is CSc1ccc(/C=N/NC(=O)CSc2nnc(-c3ccc(Cl)cc3)n2-c2ccc(Cl)cc2)cc1. The highest BCUT2D eigenvalue weighted by molar-refractivity contribution is 7.99. The van der Waals surface area contributed by atoms with Gasteiger partial charge in [0.2, 0.25) is 0 Å². The van der Waals surface area contributed by atoms with E-state index < -0.39 is 0 Å². The number of hydrogen-bond acceptors (Lipinski definition) is 6. The van der Waals surface area contributed by atoms with Gasteiger partial charge in [-0.3, -0.25) is 9.36 Å². The zero-order valence-corrected chi connectivity index (χ0v) is 21.1. The molecule has 0 aliphatic carbocycles. The molecule has 0 radical (unpaired) electrons. The van der Waals surface area contributed by atoms with Gasteiger partial charge in [0.15, 0.2) is 11.0 Å². The summed E-state index contributed by atoms with van der Waals surface area (Å²) in [5.74, 6) is 0.504. The Morgan fingerprint density at radius 1 is 0.971 bits per heavy atom. The number of carbonyl (C=O) groups is 1. The molecule has 0 aliphatic heterocycles. The lowest BCUT2D eigenvalue weighted by molar-refractivity contribution is -0.118. The Hall–Kier alpha value is -2.78. The van der Waals surface area contributed by atoms with Gasteiger partial charge in [0.1, 0.15) is 0 Å². The maximum atomic E-state index is 12.4. The van der Waals surface area contributed by atoms with Crippen LogP contribution in [0.3, 0.4) is 0 Å². The van der Waals surface area contributed by atoms with Crippen molar-refractivity contribution in [2.75, 3.05) is 12.0 Å². The van der Waals surface area contributed by atoms with E-state index >= 15 is 0 Å². The molecule has 1 amide bonds. The smallest absolute Gasteiger partial charge is 0.250 e. The topological polar surface area (TPSA) is 72.2 Å². The van der Waals surface area contributed by atoms with E-state index in [1.54, 1.807) is 42.2 Å². The summed E-state index contributed by atoms with van der Waals surface area (Å²) in [4.78, 5) is 13.5. The van der Waals surface area contributed by atoms with Crippen LogP contribution >= 0.6 is 46.7 Å². The van der Waals surface area contributed by atoms with E-state index in [0.717, 1.165) is 16.8 Å². The first-order valence-electron chi connectivity index (χ1n) is 10.1. The second-order valence-corrected chi connectivity index (χ2v) is 9.67. The number of rotatable bonds is 8. The molecule has 4 aromatic rings. The fourth-order valence-electron chi connectivity index (χ4n) is 3.00. The first-order chi connectivity index (χ1) is 16.5. The molecule has 0 bridgehead atoms. The molecular weight excluding hydrogens is 509 g/mol. The van der Waals surface area contributed by atoms with Crippen molar-refractivity contribution in [3.63, 3.8) is 0 Å². The second-order valence-electron chi connectivity index (χ2n) is 6.98. The molecule has 3 aromatic carbocycles. The quantitative estimate of drug-likeness (QED) is 0.167. The van der Waals surface area contributed by atoms with Gasteiger partial charge in [-0.1, -0.05) is 47.1 Å². The monoisotopic (exact) mass is 527 g/mol. The molecule has 0 atom stereocenters. The molecule has 0 unspecified atom stereocenters. The lowest BCUT2D eigenvalue weighted by atomic mass is 10.2. The molecule has 1 aromatic heterocycles. The van der Waals surface area contributed by atoms with Gasteiger partial charge in [-0.05, 0) is 72.5 Å². The fourth-order valence-corrected chi connectivity index (χ4v) is 4.41. The van der Waals surface area contributed by atoms with Crippen molar-refractivity contribution in [1.82, 2.24) is 20.2 Å². The molecule has 34 heavy (non-hydrogen) atoms. The minimum Gasteiger partial charge on any atom is -0.272 e. The number of hydrogen-bond donors (Lipinski definition) is 1. The minimum absolute atomic E-state index is 0.120. The van der Waals surface area contributed by atoms with Crippen LogP contribution in [0.4, 0.5) is 0 Å². The Morgan fingerprint density at radius 3 is 2.26 bits per heavy atom. The fraction of sp³-hybridized carbons (Fsp3) is 0.0833. The van der Waals surface area contributed by atoms with Crippen LogP contribution in [0.2, 0.25) is 10.0 Å². The van der Waals surface area contributed by atoms with Gasteiger partial charge in [-0.2, -0.15) is 5.10 Å². The summed E-state index contributed by atoms with van der Waals surface area (Å²) in [5, 5.41) is 14.6. The molecule has 0 saturated carbocycles. The van der Waals surface area contributed by atoms with Gasteiger partial charge < -0.3 is 0 Å². The number of nitrogens with zero attached hydrogens (tertiary/aromatic N) is 4. The van der Waals surface area contributed by atoms with Gasteiger partial charge in [0, 0.05) is 26.2 Å². The van der Waals surface area contributed by atoms with Gasteiger partial charge in [0.25, 0.3) is 5.91 Å². The highest BCUT2D eigenvalue weighted by atomic mass is 35.5. The maximum absolute atomic E-state index is 12.4. The highest BCUT2D eigenvalue weighted by Crippen LogP contribution is 2.29. The van der Waals surface area contributed by atoms with E-state index in [2.05, 4.69) is 20.7 Å². The largest absolute Gasteiger partial charge is 0.272 e. The van der Waals surface area contributed by atoms with Gasteiger partial charge in [-0.15, -0.1) is 22.0 Å². The molecule has 1 heterocycles. The molecular formula is C24H19Cl2N5OS2. The van der Waals surface area contributed by atoms with E-state index in [4.69, 9.17) is 23.2 Å². The summed E-state index contributed by atoms with van der Waals surface area (Å²) in [5.41, 5.74) is 5.14. The molecule has 0 saturated heterocycles. The van der Waals surface area contributed by atoms with Crippen LogP contribution in [0.15, 0.2) is 87.9 Å². The van der Waals surface area contributed by atoms with Crippen molar-refractivity contribution >= 4 is 58.8 Å². The minimum atomic E-state index is -0.249. The molecule has 4 rings (SSSR count). The average Bonchev–Trinajstić information content (AvgIpc) is 3.28. The zero-order valence-electron chi connectivity index (χ0n) is 18.0. The Labute approximate surface area is 215 Å². The number of aromatic nitrogens is 3. The normalized spacial score (nSPS) is 11.1. The molecule has 0 fully saturated rings. The Bertz CT molecular complexity index is 1290. The van der Waals surface area contributed by atoms with Crippen LogP contribution in [0.25, 0.3) is 17.1 Å². The Kier molecular flexibility index (Phi) is 8.29. The third kappa shape index (κ3) is 6.21. The number of hydrazone groups is 1. The predicted molar refractivity (Wildman–Crippen MR) is 141 cm³/mol. The average molecular weight is 528 g/mol. The number of thioether (sulfide) groups is 2. The van der Waals surface area contributed by atoms with E-state index in [1.807, 2.05) is 59.4 Å². The van der Waals surface area contributed by atoms with E-state index in [0.29, 0.717) is 21.0 Å². The molecule has 10 heteroatoms. The lowest BCUT2D eigenvalue weighted by Gasteiger charge is -2.10. The molecule has 0 aliphatic rings. The summed E-state index contributed by atoms with van der Waals surface area (Å²) in [6, 6.07) is 22.6. The third-order valence-corrected chi connectivity index (χ3v) is 6.85.